The quantitative estimate of drug-likeness (QED) is 0.258. The highest BCUT2D eigenvalue weighted by atomic mass is 127. The van der Waals surface area contributed by atoms with Gasteiger partial charge in [0.25, 0.3) is 0 Å². The molecule has 2 heterocycles. The average molecular weight is 522 g/mol. The summed E-state index contributed by atoms with van der Waals surface area (Å²) in [7, 11) is 3.34. The molecule has 2 rings (SSSR count). The Morgan fingerprint density at radius 3 is 2.63 bits per heavy atom. The van der Waals surface area contributed by atoms with Crippen LogP contribution in [0.25, 0.3) is 0 Å². The third-order valence-electron chi connectivity index (χ3n) is 4.04. The second kappa shape index (κ2) is 12.0. The summed E-state index contributed by atoms with van der Waals surface area (Å²) in [4.78, 5) is 9.93. The number of hydrogen-bond acceptors (Lipinski definition) is 5. The van der Waals surface area contributed by atoms with Crippen LogP contribution in [0.2, 0.25) is 0 Å². The third kappa shape index (κ3) is 8.08. The number of ether oxygens (including phenoxy) is 2. The van der Waals surface area contributed by atoms with E-state index in [0.717, 1.165) is 49.1 Å². The number of alkyl halides is 3. The molecule has 156 valence electrons. The van der Waals surface area contributed by atoms with Crippen LogP contribution in [0.1, 0.15) is 30.0 Å². The summed E-state index contributed by atoms with van der Waals surface area (Å²) in [6.07, 6.45) is -1.50. The van der Waals surface area contributed by atoms with E-state index in [9.17, 15) is 13.2 Å². The Bertz CT molecular complexity index is 578. The van der Waals surface area contributed by atoms with E-state index in [1.807, 2.05) is 0 Å². The molecule has 1 saturated heterocycles. The number of hydrogen-bond donors (Lipinski definition) is 1. The number of halogens is 4. The molecule has 0 spiro atoms. The van der Waals surface area contributed by atoms with E-state index >= 15 is 0 Å². The average Bonchev–Trinajstić information content (AvgIpc) is 3.10. The third-order valence-corrected chi connectivity index (χ3v) is 4.89. The first kappa shape index (κ1) is 24.4. The second-order valence-corrected chi connectivity index (χ2v) is 6.87. The summed E-state index contributed by atoms with van der Waals surface area (Å²) >= 11 is 0.992. The van der Waals surface area contributed by atoms with Crippen LogP contribution in [0.3, 0.4) is 0 Å². The van der Waals surface area contributed by atoms with Gasteiger partial charge in [0.2, 0.25) is 0 Å². The molecule has 0 unspecified atom stereocenters. The number of methoxy groups -OCH3 is 1. The topological polar surface area (TPSA) is 59.0 Å². The van der Waals surface area contributed by atoms with E-state index in [4.69, 9.17) is 9.47 Å². The maximum absolute atomic E-state index is 12.6. The first-order chi connectivity index (χ1) is 12.4. The summed E-state index contributed by atoms with van der Waals surface area (Å²) in [5.74, 6) is 0.673. The minimum absolute atomic E-state index is 0. The van der Waals surface area contributed by atoms with Gasteiger partial charge in [0.15, 0.2) is 11.7 Å². The zero-order chi connectivity index (χ0) is 19.0. The molecule has 0 aliphatic carbocycles. The molecule has 1 aromatic rings. The SMILES string of the molecule is CN=C(NCc1nc(C(F)(F)F)cs1)N1CCC(OCCCOC)CC1.I. The van der Waals surface area contributed by atoms with Crippen molar-refractivity contribution in [2.75, 3.05) is 40.5 Å². The largest absolute Gasteiger partial charge is 0.434 e. The number of thiazole rings is 1. The molecule has 0 aromatic carbocycles. The molecule has 1 aromatic heterocycles. The van der Waals surface area contributed by atoms with Crippen LogP contribution in [-0.2, 0) is 22.2 Å². The lowest BCUT2D eigenvalue weighted by Crippen LogP contribution is -2.46. The molecule has 1 N–H and O–H groups in total. The van der Waals surface area contributed by atoms with Gasteiger partial charge in [-0.2, -0.15) is 13.2 Å². The Labute approximate surface area is 178 Å². The Morgan fingerprint density at radius 2 is 2.07 bits per heavy atom. The summed E-state index contributed by atoms with van der Waals surface area (Å²) in [6, 6.07) is 0. The number of aliphatic imine (C=N–C) groups is 1. The minimum atomic E-state index is -4.40. The number of aromatic nitrogens is 1. The van der Waals surface area contributed by atoms with Gasteiger partial charge < -0.3 is 19.7 Å². The lowest BCUT2D eigenvalue weighted by molar-refractivity contribution is -0.140. The lowest BCUT2D eigenvalue weighted by Gasteiger charge is -2.34. The van der Waals surface area contributed by atoms with Gasteiger partial charge in [-0.3, -0.25) is 4.99 Å². The predicted octanol–water partition coefficient (Wildman–Crippen LogP) is 3.37. The van der Waals surface area contributed by atoms with E-state index in [0.29, 0.717) is 24.2 Å². The molecule has 1 fully saturated rings. The van der Waals surface area contributed by atoms with E-state index in [1.165, 1.54) is 0 Å². The zero-order valence-corrected chi connectivity index (χ0v) is 18.6. The van der Waals surface area contributed by atoms with Crippen LogP contribution in [0, 0.1) is 0 Å². The van der Waals surface area contributed by atoms with Gasteiger partial charge >= 0.3 is 6.18 Å². The highest BCUT2D eigenvalue weighted by Crippen LogP contribution is 2.29. The highest BCUT2D eigenvalue weighted by Gasteiger charge is 2.33. The van der Waals surface area contributed by atoms with Crippen LogP contribution >= 0.6 is 35.3 Å². The van der Waals surface area contributed by atoms with Gasteiger partial charge in [0.1, 0.15) is 5.01 Å². The van der Waals surface area contributed by atoms with Gasteiger partial charge in [0, 0.05) is 45.8 Å². The Balaban J connectivity index is 0.00000364. The summed E-state index contributed by atoms with van der Waals surface area (Å²) in [5, 5.41) is 4.51. The summed E-state index contributed by atoms with van der Waals surface area (Å²) in [6.45, 7) is 3.20. The van der Waals surface area contributed by atoms with Crippen LogP contribution in [0.4, 0.5) is 13.2 Å². The highest BCUT2D eigenvalue weighted by molar-refractivity contribution is 14.0. The maximum atomic E-state index is 12.6. The molecule has 0 saturated carbocycles. The molecular weight excluding hydrogens is 496 g/mol. The smallest absolute Gasteiger partial charge is 0.385 e. The lowest BCUT2D eigenvalue weighted by atomic mass is 10.1. The molecule has 0 radical (unpaired) electrons. The van der Waals surface area contributed by atoms with Gasteiger partial charge in [-0.25, -0.2) is 4.98 Å². The molecule has 11 heteroatoms. The number of likely N-dealkylation sites (tertiary alicyclic amines) is 1. The first-order valence-electron chi connectivity index (χ1n) is 8.51. The number of nitrogens with one attached hydrogen (secondary N) is 1. The van der Waals surface area contributed by atoms with E-state index < -0.39 is 11.9 Å². The van der Waals surface area contributed by atoms with Crippen molar-refractivity contribution in [2.45, 2.75) is 38.1 Å². The summed E-state index contributed by atoms with van der Waals surface area (Å²) < 4.78 is 48.6. The Hall–Kier alpha value is -0.660. The van der Waals surface area contributed by atoms with Crippen molar-refractivity contribution in [3.8, 4) is 0 Å². The normalized spacial score (nSPS) is 16.3. The monoisotopic (exact) mass is 522 g/mol. The zero-order valence-electron chi connectivity index (χ0n) is 15.4. The van der Waals surface area contributed by atoms with E-state index in [1.54, 1.807) is 14.2 Å². The molecule has 1 aliphatic rings. The number of guanidine groups is 1. The molecule has 1 aliphatic heterocycles. The number of piperidine rings is 1. The van der Waals surface area contributed by atoms with Crippen molar-refractivity contribution in [1.29, 1.82) is 0 Å². The van der Waals surface area contributed by atoms with Crippen LogP contribution in [0.5, 0.6) is 0 Å². The van der Waals surface area contributed by atoms with Gasteiger partial charge in [0.05, 0.1) is 12.6 Å². The standard InChI is InChI=1S/C16H25F3N4O2S.HI/c1-20-15(21-10-14-22-13(11-26-14)16(17,18)19)23-6-4-12(5-7-23)25-9-3-8-24-2;/h11-12H,3-10H2,1-2H3,(H,20,21);1H. The van der Waals surface area contributed by atoms with Crippen molar-refractivity contribution in [3.63, 3.8) is 0 Å². The molecule has 27 heavy (non-hydrogen) atoms. The van der Waals surface area contributed by atoms with Crippen molar-refractivity contribution >= 4 is 41.3 Å². The van der Waals surface area contributed by atoms with Gasteiger partial charge in [-0.05, 0) is 19.3 Å². The fourth-order valence-corrected chi connectivity index (χ4v) is 3.44. The van der Waals surface area contributed by atoms with Crippen molar-refractivity contribution < 1.29 is 22.6 Å². The van der Waals surface area contributed by atoms with Crippen molar-refractivity contribution in [3.05, 3.63) is 16.1 Å². The van der Waals surface area contributed by atoms with Crippen LogP contribution in [0.15, 0.2) is 10.4 Å². The molecule has 0 bridgehead atoms. The van der Waals surface area contributed by atoms with E-state index in [2.05, 4.69) is 20.2 Å². The second-order valence-electron chi connectivity index (χ2n) is 5.93. The Kier molecular flexibility index (Phi) is 10.9. The van der Waals surface area contributed by atoms with E-state index in [-0.39, 0.29) is 36.6 Å². The molecule has 6 nitrogen and oxygen atoms in total. The molecular formula is C16H26F3IN4O2S. The predicted molar refractivity (Wildman–Crippen MR) is 110 cm³/mol. The molecule has 0 atom stereocenters. The molecule has 0 amide bonds. The van der Waals surface area contributed by atoms with Crippen molar-refractivity contribution in [1.82, 2.24) is 15.2 Å². The van der Waals surface area contributed by atoms with Crippen LogP contribution in [-0.4, -0.2) is 62.4 Å². The summed E-state index contributed by atoms with van der Waals surface area (Å²) in [5.41, 5.74) is -0.847. The Morgan fingerprint density at radius 1 is 1.37 bits per heavy atom. The number of rotatable bonds is 7. The minimum Gasteiger partial charge on any atom is -0.385 e. The maximum Gasteiger partial charge on any atom is 0.434 e. The van der Waals surface area contributed by atoms with Gasteiger partial charge in [-0.1, -0.05) is 0 Å². The van der Waals surface area contributed by atoms with Crippen LogP contribution < -0.4 is 5.32 Å². The van der Waals surface area contributed by atoms with Crippen molar-refractivity contribution in [2.24, 2.45) is 4.99 Å². The number of nitrogens with zero attached hydrogens (tertiary/aromatic N) is 3. The fourth-order valence-electron chi connectivity index (χ4n) is 2.70. The van der Waals surface area contributed by atoms with Gasteiger partial charge in [-0.15, -0.1) is 35.3 Å². The first-order valence-corrected chi connectivity index (χ1v) is 9.39. The fraction of sp³-hybridized carbons (Fsp3) is 0.750.